The van der Waals surface area contributed by atoms with Gasteiger partial charge in [0.15, 0.2) is 0 Å². The third-order valence-corrected chi connectivity index (χ3v) is 4.86. The fourth-order valence-electron chi connectivity index (χ4n) is 2.84. The Kier molecular flexibility index (Phi) is 5.13. The van der Waals surface area contributed by atoms with Gasteiger partial charge in [0.05, 0.1) is 0 Å². The molecule has 0 spiro atoms. The number of hydrogen-bond acceptors (Lipinski definition) is 5. The molecule has 23 heavy (non-hydrogen) atoms. The number of halogens is 1. The summed E-state index contributed by atoms with van der Waals surface area (Å²) in [5, 5.41) is 3.54. The summed E-state index contributed by atoms with van der Waals surface area (Å²) in [5.74, 6) is 1.82. The third kappa shape index (κ3) is 4.20. The van der Waals surface area contributed by atoms with Crippen molar-refractivity contribution >= 4 is 27.6 Å². The summed E-state index contributed by atoms with van der Waals surface area (Å²) < 4.78 is 1.18. The largest absolute Gasteiger partial charge is 0.366 e. The van der Waals surface area contributed by atoms with Gasteiger partial charge in [-0.05, 0) is 18.1 Å². The summed E-state index contributed by atoms with van der Waals surface area (Å²) in [6, 6.07) is 10.9. The van der Waals surface area contributed by atoms with Crippen molar-refractivity contribution in [2.24, 2.45) is 0 Å². The van der Waals surface area contributed by atoms with Crippen LogP contribution >= 0.6 is 15.9 Å². The van der Waals surface area contributed by atoms with Gasteiger partial charge in [0, 0.05) is 50.3 Å². The van der Waals surface area contributed by atoms with Crippen molar-refractivity contribution in [2.45, 2.75) is 19.0 Å². The third-order valence-electron chi connectivity index (χ3n) is 4.09. The maximum Gasteiger partial charge on any atom is 0.133 e. The molecule has 2 aromatic rings. The zero-order valence-electron chi connectivity index (χ0n) is 13.5. The van der Waals surface area contributed by atoms with Crippen LogP contribution in [0.25, 0.3) is 0 Å². The molecule has 0 saturated carbocycles. The van der Waals surface area contributed by atoms with Crippen molar-refractivity contribution in [2.75, 3.05) is 37.4 Å². The minimum Gasteiger partial charge on any atom is -0.366 e. The van der Waals surface area contributed by atoms with E-state index in [4.69, 9.17) is 0 Å². The van der Waals surface area contributed by atoms with Gasteiger partial charge in [-0.15, -0.1) is 0 Å². The first-order valence-electron chi connectivity index (χ1n) is 7.83. The first-order chi connectivity index (χ1) is 11.1. The summed E-state index contributed by atoms with van der Waals surface area (Å²) in [7, 11) is 3.97. The molecule has 0 amide bonds. The van der Waals surface area contributed by atoms with Crippen LogP contribution in [0.2, 0.25) is 0 Å². The van der Waals surface area contributed by atoms with Crippen LogP contribution in [0.3, 0.4) is 0 Å². The van der Waals surface area contributed by atoms with Gasteiger partial charge < -0.3 is 10.2 Å². The molecule has 6 heteroatoms. The van der Waals surface area contributed by atoms with Crippen LogP contribution in [0, 0.1) is 0 Å². The van der Waals surface area contributed by atoms with Gasteiger partial charge >= 0.3 is 0 Å². The molecule has 1 aromatic heterocycles. The molecular weight excluding hydrogens is 354 g/mol. The Hall–Kier alpha value is -1.66. The summed E-state index contributed by atoms with van der Waals surface area (Å²) in [5.41, 5.74) is 1.34. The van der Waals surface area contributed by atoms with Crippen molar-refractivity contribution < 1.29 is 0 Å². The highest BCUT2D eigenvalue weighted by atomic mass is 79.9. The van der Waals surface area contributed by atoms with Crippen LogP contribution in [-0.2, 0) is 6.54 Å². The molecule has 1 atom stereocenters. The number of anilines is 2. The van der Waals surface area contributed by atoms with E-state index in [1.54, 1.807) is 6.33 Å². The molecule has 1 fully saturated rings. The van der Waals surface area contributed by atoms with Crippen LogP contribution in [0.1, 0.15) is 12.0 Å². The number of likely N-dealkylation sites (tertiary alicyclic amines) is 1. The van der Waals surface area contributed by atoms with E-state index in [1.165, 1.54) is 10.0 Å². The molecule has 1 aromatic carbocycles. The number of rotatable bonds is 5. The van der Waals surface area contributed by atoms with Crippen molar-refractivity contribution in [1.29, 1.82) is 0 Å². The second kappa shape index (κ2) is 7.27. The van der Waals surface area contributed by atoms with Crippen molar-refractivity contribution in [1.82, 2.24) is 14.9 Å². The minimum atomic E-state index is 0.433. The van der Waals surface area contributed by atoms with Crippen molar-refractivity contribution in [3.63, 3.8) is 0 Å². The Morgan fingerprint density at radius 2 is 2.13 bits per heavy atom. The summed E-state index contributed by atoms with van der Waals surface area (Å²) in [6.45, 7) is 3.11. The Labute approximate surface area is 145 Å². The lowest BCUT2D eigenvalue weighted by Crippen LogP contribution is -2.26. The zero-order chi connectivity index (χ0) is 16.2. The standard InChI is InChI=1S/C17H22BrN5/c1-22(2)17-9-16(19-12-20-17)21-14-7-8-23(11-14)10-13-5-3-4-6-15(13)18/h3-6,9,12,14H,7-8,10-11H2,1-2H3,(H,19,20,21). The highest BCUT2D eigenvalue weighted by Gasteiger charge is 2.23. The van der Waals surface area contributed by atoms with E-state index in [1.807, 2.05) is 25.1 Å². The smallest absolute Gasteiger partial charge is 0.133 e. The topological polar surface area (TPSA) is 44.3 Å². The quantitative estimate of drug-likeness (QED) is 0.869. The molecule has 5 nitrogen and oxygen atoms in total. The van der Waals surface area contributed by atoms with E-state index < -0.39 is 0 Å². The van der Waals surface area contributed by atoms with Gasteiger partial charge in [0.1, 0.15) is 18.0 Å². The molecule has 1 unspecified atom stereocenters. The van der Waals surface area contributed by atoms with Crippen LogP contribution in [0.4, 0.5) is 11.6 Å². The molecule has 1 aliphatic heterocycles. The molecule has 2 heterocycles. The number of benzene rings is 1. The van der Waals surface area contributed by atoms with E-state index in [-0.39, 0.29) is 0 Å². The normalized spacial score (nSPS) is 18.1. The Morgan fingerprint density at radius 1 is 1.30 bits per heavy atom. The summed E-state index contributed by atoms with van der Waals surface area (Å²) in [6.07, 6.45) is 2.75. The maximum absolute atomic E-state index is 4.33. The Morgan fingerprint density at radius 3 is 2.91 bits per heavy atom. The lowest BCUT2D eigenvalue weighted by molar-refractivity contribution is 0.328. The first-order valence-corrected chi connectivity index (χ1v) is 8.63. The first kappa shape index (κ1) is 16.2. The Bertz CT molecular complexity index is 661. The molecule has 1 saturated heterocycles. The zero-order valence-corrected chi connectivity index (χ0v) is 15.1. The van der Waals surface area contributed by atoms with Crippen molar-refractivity contribution in [3.8, 4) is 0 Å². The predicted octanol–water partition coefficient (Wildman–Crippen LogP) is 2.99. The van der Waals surface area contributed by atoms with E-state index in [0.717, 1.165) is 37.7 Å². The average molecular weight is 376 g/mol. The van der Waals surface area contributed by atoms with Crippen LogP contribution in [0.5, 0.6) is 0 Å². The van der Waals surface area contributed by atoms with E-state index in [0.29, 0.717) is 6.04 Å². The van der Waals surface area contributed by atoms with Gasteiger partial charge in [-0.3, -0.25) is 4.90 Å². The molecule has 0 radical (unpaired) electrons. The van der Waals surface area contributed by atoms with Gasteiger partial charge in [-0.2, -0.15) is 0 Å². The molecule has 3 rings (SSSR count). The fourth-order valence-corrected chi connectivity index (χ4v) is 3.25. The maximum atomic E-state index is 4.33. The second-order valence-corrected chi connectivity index (χ2v) is 6.97. The second-order valence-electron chi connectivity index (χ2n) is 6.11. The monoisotopic (exact) mass is 375 g/mol. The highest BCUT2D eigenvalue weighted by molar-refractivity contribution is 9.10. The molecule has 0 aliphatic carbocycles. The number of hydrogen-bond donors (Lipinski definition) is 1. The number of nitrogens with zero attached hydrogens (tertiary/aromatic N) is 4. The van der Waals surface area contributed by atoms with Gasteiger partial charge in [-0.25, -0.2) is 9.97 Å². The van der Waals surface area contributed by atoms with E-state index in [9.17, 15) is 0 Å². The van der Waals surface area contributed by atoms with Gasteiger partial charge in [-0.1, -0.05) is 34.1 Å². The number of aromatic nitrogens is 2. The van der Waals surface area contributed by atoms with Crippen LogP contribution in [-0.4, -0.2) is 48.1 Å². The van der Waals surface area contributed by atoms with Crippen LogP contribution in [0.15, 0.2) is 41.1 Å². The molecule has 1 aliphatic rings. The summed E-state index contributed by atoms with van der Waals surface area (Å²) >= 11 is 3.63. The van der Waals surface area contributed by atoms with Crippen molar-refractivity contribution in [3.05, 3.63) is 46.7 Å². The summed E-state index contributed by atoms with van der Waals surface area (Å²) in [4.78, 5) is 13.1. The van der Waals surface area contributed by atoms with Gasteiger partial charge in [0.2, 0.25) is 0 Å². The Balaban J connectivity index is 1.58. The lowest BCUT2D eigenvalue weighted by Gasteiger charge is -2.18. The minimum absolute atomic E-state index is 0.433. The average Bonchev–Trinajstić information content (AvgIpc) is 2.97. The fraction of sp³-hybridized carbons (Fsp3) is 0.412. The van der Waals surface area contributed by atoms with E-state index in [2.05, 4.69) is 60.4 Å². The van der Waals surface area contributed by atoms with Crippen LogP contribution < -0.4 is 10.2 Å². The highest BCUT2D eigenvalue weighted by Crippen LogP contribution is 2.22. The molecule has 1 N–H and O–H groups in total. The van der Waals surface area contributed by atoms with E-state index >= 15 is 0 Å². The SMILES string of the molecule is CN(C)c1cc(NC2CCN(Cc3ccccc3Br)C2)ncn1. The number of nitrogens with one attached hydrogen (secondary N) is 1. The lowest BCUT2D eigenvalue weighted by atomic mass is 10.2. The molecular formula is C17H22BrN5. The molecule has 122 valence electrons. The van der Waals surface area contributed by atoms with Gasteiger partial charge in [0.25, 0.3) is 0 Å². The molecule has 0 bridgehead atoms. The predicted molar refractivity (Wildman–Crippen MR) is 97.8 cm³/mol.